The monoisotopic (exact) mass is 286 g/mol. The quantitative estimate of drug-likeness (QED) is 0.327. The van der Waals surface area contributed by atoms with Crippen LogP contribution < -0.4 is 0 Å². The number of halogens is 1. The van der Waals surface area contributed by atoms with Crippen molar-refractivity contribution in [3.8, 4) is 0 Å². The van der Waals surface area contributed by atoms with Crippen LogP contribution in [0.5, 0.6) is 0 Å². The summed E-state index contributed by atoms with van der Waals surface area (Å²) in [5, 5.41) is 17.9. The highest BCUT2D eigenvalue weighted by Gasteiger charge is 2.15. The lowest BCUT2D eigenvalue weighted by Crippen LogP contribution is -2.17. The molecule has 12 heavy (non-hydrogen) atoms. The zero-order valence-corrected chi connectivity index (χ0v) is 9.88. The molecule has 0 aromatic carbocycles. The van der Waals surface area contributed by atoms with Gasteiger partial charge in [-0.25, -0.2) is 0 Å². The summed E-state index contributed by atoms with van der Waals surface area (Å²) in [5.41, 5.74) is 0. The Morgan fingerprint density at radius 3 is 2.00 bits per heavy atom. The van der Waals surface area contributed by atoms with Crippen molar-refractivity contribution in [1.82, 2.24) is 0 Å². The molecule has 74 valence electrons. The molecule has 2 N–H and O–H groups in total. The molecule has 0 rings (SSSR count). The van der Waals surface area contributed by atoms with Gasteiger partial charge in [-0.05, 0) is 29.0 Å². The van der Waals surface area contributed by atoms with Gasteiger partial charge in [-0.15, -0.1) is 0 Å². The molecule has 0 saturated heterocycles. The van der Waals surface area contributed by atoms with Gasteiger partial charge >= 0.3 is 0 Å². The lowest BCUT2D eigenvalue weighted by atomic mass is 10.1. The average Bonchev–Trinajstić information content (AvgIpc) is 1.94. The molecule has 0 aliphatic heterocycles. The van der Waals surface area contributed by atoms with E-state index in [1.165, 1.54) is 25.7 Å². The van der Waals surface area contributed by atoms with Gasteiger partial charge in [-0.1, -0.05) is 39.0 Å². The number of unbranched alkanes of at least 4 members (excludes halogenated alkanes) is 5. The van der Waals surface area contributed by atoms with Crippen molar-refractivity contribution in [3.63, 3.8) is 0 Å². The van der Waals surface area contributed by atoms with Crippen molar-refractivity contribution in [2.45, 2.75) is 55.7 Å². The first-order valence-electron chi connectivity index (χ1n) is 4.70. The summed E-state index contributed by atoms with van der Waals surface area (Å²) in [5.74, 6) is 0. The summed E-state index contributed by atoms with van der Waals surface area (Å²) < 4.78 is -1.48. The molecule has 0 fully saturated rings. The third kappa shape index (κ3) is 10.7. The minimum atomic E-state index is -1.48. The Morgan fingerprint density at radius 2 is 1.50 bits per heavy atom. The van der Waals surface area contributed by atoms with Crippen LogP contribution in [-0.2, 0) is 0 Å². The molecule has 0 radical (unpaired) electrons. The van der Waals surface area contributed by atoms with E-state index >= 15 is 0 Å². The summed E-state index contributed by atoms with van der Waals surface area (Å²) in [6, 6.07) is 0. The molecule has 3 heteroatoms. The number of aliphatic hydroxyl groups is 2. The Hall–Kier alpha value is 0.650. The van der Waals surface area contributed by atoms with E-state index in [0.717, 1.165) is 12.8 Å². The molecule has 0 bridgehead atoms. The molecule has 0 aliphatic carbocycles. The number of hydrogen-bond donors (Lipinski definition) is 2. The predicted octanol–water partition coefficient (Wildman–Crippen LogP) is 2.81. The zero-order chi connectivity index (χ0) is 9.45. The summed E-state index contributed by atoms with van der Waals surface area (Å²) in [7, 11) is 0. The number of alkyl halides is 1. The van der Waals surface area contributed by atoms with E-state index in [9.17, 15) is 0 Å². The Labute approximate surface area is 88.5 Å². The molecule has 0 heterocycles. The molecule has 0 aromatic rings. The van der Waals surface area contributed by atoms with Crippen LogP contribution in [0.2, 0.25) is 0 Å². The van der Waals surface area contributed by atoms with Crippen LogP contribution in [0.1, 0.15) is 51.9 Å². The molecule has 0 amide bonds. The van der Waals surface area contributed by atoms with E-state index in [1.54, 1.807) is 22.6 Å². The maximum Gasteiger partial charge on any atom is 0.216 e. The van der Waals surface area contributed by atoms with Crippen LogP contribution in [0, 0.1) is 0 Å². The third-order valence-corrected chi connectivity index (χ3v) is 2.39. The molecule has 0 aliphatic rings. The van der Waals surface area contributed by atoms with Crippen LogP contribution in [0.15, 0.2) is 0 Å². The van der Waals surface area contributed by atoms with Gasteiger partial charge in [0.2, 0.25) is 3.79 Å². The highest BCUT2D eigenvalue weighted by atomic mass is 127. The first-order chi connectivity index (χ1) is 5.56. The van der Waals surface area contributed by atoms with Gasteiger partial charge in [0.05, 0.1) is 0 Å². The Balaban J connectivity index is 3.01. The molecular formula is C9H19IO2. The second-order valence-corrected chi connectivity index (χ2v) is 4.96. The second kappa shape index (κ2) is 7.09. The van der Waals surface area contributed by atoms with E-state index in [0.29, 0.717) is 6.42 Å². The van der Waals surface area contributed by atoms with Crippen molar-refractivity contribution in [2.75, 3.05) is 0 Å². The first-order valence-corrected chi connectivity index (χ1v) is 5.78. The van der Waals surface area contributed by atoms with Gasteiger partial charge in [-0.3, -0.25) is 0 Å². The minimum Gasteiger partial charge on any atom is -0.358 e. The van der Waals surface area contributed by atoms with Gasteiger partial charge in [0.1, 0.15) is 0 Å². The number of hydrogen-bond acceptors (Lipinski definition) is 2. The average molecular weight is 286 g/mol. The lowest BCUT2D eigenvalue weighted by Gasteiger charge is -2.12. The fourth-order valence-corrected chi connectivity index (χ4v) is 1.51. The molecule has 2 nitrogen and oxygen atoms in total. The minimum absolute atomic E-state index is 0.486. The first kappa shape index (κ1) is 12.7. The second-order valence-electron chi connectivity index (χ2n) is 3.24. The Bertz CT molecular complexity index is 99.2. The largest absolute Gasteiger partial charge is 0.358 e. The van der Waals surface area contributed by atoms with Crippen molar-refractivity contribution in [2.24, 2.45) is 0 Å². The summed E-state index contributed by atoms with van der Waals surface area (Å²) in [6.07, 6.45) is 7.58. The van der Waals surface area contributed by atoms with E-state index in [-0.39, 0.29) is 0 Å². The predicted molar refractivity (Wildman–Crippen MR) is 59.2 cm³/mol. The topological polar surface area (TPSA) is 40.5 Å². The fraction of sp³-hybridized carbons (Fsp3) is 1.00. The summed E-state index contributed by atoms with van der Waals surface area (Å²) >= 11 is 1.66. The van der Waals surface area contributed by atoms with Crippen LogP contribution in [-0.4, -0.2) is 14.0 Å². The molecular weight excluding hydrogens is 267 g/mol. The van der Waals surface area contributed by atoms with Crippen LogP contribution >= 0.6 is 22.6 Å². The highest BCUT2D eigenvalue weighted by Crippen LogP contribution is 2.19. The molecule has 0 atom stereocenters. The van der Waals surface area contributed by atoms with Gasteiger partial charge in [0.15, 0.2) is 0 Å². The van der Waals surface area contributed by atoms with Crippen molar-refractivity contribution < 1.29 is 10.2 Å². The van der Waals surface area contributed by atoms with Gasteiger partial charge < -0.3 is 10.2 Å². The van der Waals surface area contributed by atoms with Crippen LogP contribution in [0.3, 0.4) is 0 Å². The molecule has 0 spiro atoms. The third-order valence-electron chi connectivity index (χ3n) is 1.85. The zero-order valence-electron chi connectivity index (χ0n) is 7.72. The Morgan fingerprint density at radius 1 is 1.00 bits per heavy atom. The van der Waals surface area contributed by atoms with Gasteiger partial charge in [-0.2, -0.15) is 0 Å². The highest BCUT2D eigenvalue weighted by molar-refractivity contribution is 14.1. The summed E-state index contributed by atoms with van der Waals surface area (Å²) in [4.78, 5) is 0. The fourth-order valence-electron chi connectivity index (χ4n) is 1.13. The maximum atomic E-state index is 8.96. The van der Waals surface area contributed by atoms with Crippen LogP contribution in [0.25, 0.3) is 0 Å². The van der Waals surface area contributed by atoms with Crippen LogP contribution in [0.4, 0.5) is 0 Å². The molecule has 0 aromatic heterocycles. The van der Waals surface area contributed by atoms with E-state index in [2.05, 4.69) is 6.92 Å². The van der Waals surface area contributed by atoms with E-state index in [4.69, 9.17) is 10.2 Å². The van der Waals surface area contributed by atoms with Crippen molar-refractivity contribution >= 4 is 22.6 Å². The molecule has 0 unspecified atom stereocenters. The van der Waals surface area contributed by atoms with Gasteiger partial charge in [0, 0.05) is 6.42 Å². The normalized spacial score (nSPS) is 12.0. The smallest absolute Gasteiger partial charge is 0.216 e. The molecule has 0 saturated carbocycles. The maximum absolute atomic E-state index is 8.96. The van der Waals surface area contributed by atoms with E-state index < -0.39 is 3.79 Å². The lowest BCUT2D eigenvalue weighted by molar-refractivity contribution is -0.0648. The SMILES string of the molecule is CCCCCCCCC(O)(O)I. The Kier molecular flexibility index (Phi) is 7.48. The van der Waals surface area contributed by atoms with Gasteiger partial charge in [0.25, 0.3) is 0 Å². The summed E-state index contributed by atoms with van der Waals surface area (Å²) in [6.45, 7) is 2.19. The standard InChI is InChI=1S/C9H19IO2/c1-2-3-4-5-6-7-8-9(10,11)12/h11-12H,2-8H2,1H3. The van der Waals surface area contributed by atoms with E-state index in [1.807, 2.05) is 0 Å². The van der Waals surface area contributed by atoms with Crippen molar-refractivity contribution in [3.05, 3.63) is 0 Å². The number of rotatable bonds is 7. The van der Waals surface area contributed by atoms with Crippen molar-refractivity contribution in [1.29, 1.82) is 0 Å².